The second kappa shape index (κ2) is 5.30. The summed E-state index contributed by atoms with van der Waals surface area (Å²) in [5.74, 6) is -0.408. The molecule has 0 spiro atoms. The van der Waals surface area contributed by atoms with Gasteiger partial charge < -0.3 is 11.1 Å². The summed E-state index contributed by atoms with van der Waals surface area (Å²) < 4.78 is 0. The second-order valence-electron chi connectivity index (χ2n) is 5.89. The molecule has 0 saturated carbocycles. The molecule has 5 nitrogen and oxygen atoms in total. The van der Waals surface area contributed by atoms with Crippen LogP contribution >= 0.6 is 0 Å². The highest BCUT2D eigenvalue weighted by Gasteiger charge is 2.25. The Morgan fingerprint density at radius 3 is 2.00 bits per heavy atom. The number of nitrogens with one attached hydrogen (secondary N) is 2. The molecule has 0 rings (SSSR count). The van der Waals surface area contributed by atoms with E-state index in [1.165, 1.54) is 0 Å². The number of hydrogen-bond donors (Lipinski definition) is 3. The summed E-state index contributed by atoms with van der Waals surface area (Å²) in [4.78, 5) is 21.6. The number of hydrogen-bond acceptors (Lipinski definition) is 3. The third-order valence-corrected chi connectivity index (χ3v) is 1.96. The van der Waals surface area contributed by atoms with Gasteiger partial charge in [-0.1, -0.05) is 20.8 Å². The first-order valence-corrected chi connectivity index (χ1v) is 5.36. The Hall–Kier alpha value is -1.10. The minimum atomic E-state index is -0.819. The Morgan fingerprint density at radius 1 is 1.12 bits per heavy atom. The van der Waals surface area contributed by atoms with Gasteiger partial charge in [0.15, 0.2) is 0 Å². The predicted molar refractivity (Wildman–Crippen MR) is 63.9 cm³/mol. The number of amides is 3. The summed E-state index contributed by atoms with van der Waals surface area (Å²) >= 11 is 0. The third-order valence-electron chi connectivity index (χ3n) is 1.96. The summed E-state index contributed by atoms with van der Waals surface area (Å²) in [5.41, 5.74) is 4.85. The SMILES string of the molecule is CC(C)(C)CC(C)(C)NCC(=O)NC(N)=O. The molecule has 0 unspecified atom stereocenters. The zero-order valence-electron chi connectivity index (χ0n) is 10.8. The average molecular weight is 229 g/mol. The van der Waals surface area contributed by atoms with Crippen LogP contribution in [0, 0.1) is 5.41 Å². The van der Waals surface area contributed by atoms with Gasteiger partial charge in [-0.25, -0.2) is 4.79 Å². The molecule has 0 aliphatic rings. The molecule has 0 fully saturated rings. The Morgan fingerprint density at radius 2 is 1.62 bits per heavy atom. The summed E-state index contributed by atoms with van der Waals surface area (Å²) in [6.07, 6.45) is 0.920. The molecule has 3 amide bonds. The monoisotopic (exact) mass is 229 g/mol. The van der Waals surface area contributed by atoms with Crippen molar-refractivity contribution in [2.45, 2.75) is 46.6 Å². The van der Waals surface area contributed by atoms with E-state index in [-0.39, 0.29) is 17.5 Å². The average Bonchev–Trinajstić information content (AvgIpc) is 1.95. The third kappa shape index (κ3) is 8.23. The fourth-order valence-corrected chi connectivity index (χ4v) is 1.89. The zero-order valence-corrected chi connectivity index (χ0v) is 10.8. The van der Waals surface area contributed by atoms with Gasteiger partial charge in [-0.2, -0.15) is 0 Å². The molecular formula is C11H23N3O2. The minimum Gasteiger partial charge on any atom is -0.351 e. The molecule has 5 heteroatoms. The molecule has 0 radical (unpaired) electrons. The van der Waals surface area contributed by atoms with Crippen LogP contribution in [-0.4, -0.2) is 24.0 Å². The van der Waals surface area contributed by atoms with Crippen molar-refractivity contribution in [1.82, 2.24) is 10.6 Å². The first-order valence-electron chi connectivity index (χ1n) is 5.36. The summed E-state index contributed by atoms with van der Waals surface area (Å²) in [6, 6.07) is -0.819. The van der Waals surface area contributed by atoms with Gasteiger partial charge in [0.2, 0.25) is 5.91 Å². The molecule has 0 aromatic heterocycles. The van der Waals surface area contributed by atoms with Gasteiger partial charge in [0.25, 0.3) is 0 Å². The van der Waals surface area contributed by atoms with Gasteiger partial charge >= 0.3 is 6.03 Å². The molecular weight excluding hydrogens is 206 g/mol. The van der Waals surface area contributed by atoms with Crippen LogP contribution in [0.25, 0.3) is 0 Å². The van der Waals surface area contributed by atoms with Crippen molar-refractivity contribution in [3.63, 3.8) is 0 Å². The molecule has 0 aromatic carbocycles. The molecule has 0 atom stereocenters. The lowest BCUT2D eigenvalue weighted by atomic mass is 9.82. The van der Waals surface area contributed by atoms with E-state index in [1.807, 2.05) is 19.2 Å². The lowest BCUT2D eigenvalue weighted by Gasteiger charge is -2.33. The van der Waals surface area contributed by atoms with Crippen LogP contribution in [-0.2, 0) is 4.79 Å². The van der Waals surface area contributed by atoms with Gasteiger partial charge in [-0.3, -0.25) is 10.1 Å². The zero-order chi connectivity index (χ0) is 13.0. The van der Waals surface area contributed by atoms with E-state index in [2.05, 4.69) is 26.1 Å². The Bertz CT molecular complexity index is 267. The van der Waals surface area contributed by atoms with Crippen LogP contribution in [0.3, 0.4) is 0 Å². The Balaban J connectivity index is 4.08. The van der Waals surface area contributed by atoms with Gasteiger partial charge in [0, 0.05) is 5.54 Å². The number of rotatable bonds is 4. The van der Waals surface area contributed by atoms with E-state index in [9.17, 15) is 9.59 Å². The van der Waals surface area contributed by atoms with E-state index in [4.69, 9.17) is 5.73 Å². The standard InChI is InChI=1S/C11H23N3O2/c1-10(2,3)7-11(4,5)13-6-8(15)14-9(12)16/h13H,6-7H2,1-5H3,(H3,12,14,15,16). The van der Waals surface area contributed by atoms with E-state index >= 15 is 0 Å². The van der Waals surface area contributed by atoms with Crippen molar-refractivity contribution in [3.05, 3.63) is 0 Å². The van der Waals surface area contributed by atoms with Crippen LogP contribution in [0.1, 0.15) is 41.0 Å². The molecule has 0 aliphatic carbocycles. The Kier molecular flexibility index (Phi) is 4.93. The van der Waals surface area contributed by atoms with E-state index in [0.717, 1.165) is 6.42 Å². The van der Waals surface area contributed by atoms with Crippen molar-refractivity contribution in [2.75, 3.05) is 6.54 Å². The molecule has 0 saturated heterocycles. The van der Waals surface area contributed by atoms with Crippen LogP contribution in [0.5, 0.6) is 0 Å². The number of urea groups is 1. The van der Waals surface area contributed by atoms with Gasteiger partial charge in [-0.15, -0.1) is 0 Å². The van der Waals surface area contributed by atoms with Crippen molar-refractivity contribution in [1.29, 1.82) is 0 Å². The molecule has 0 bridgehead atoms. The summed E-state index contributed by atoms with van der Waals surface area (Å²) in [6.45, 7) is 10.6. The van der Waals surface area contributed by atoms with Gasteiger partial charge in [0.1, 0.15) is 0 Å². The number of carbonyl (C=O) groups excluding carboxylic acids is 2. The first kappa shape index (κ1) is 14.9. The fraction of sp³-hybridized carbons (Fsp3) is 0.818. The van der Waals surface area contributed by atoms with Crippen molar-refractivity contribution < 1.29 is 9.59 Å². The first-order chi connectivity index (χ1) is 7.02. The topological polar surface area (TPSA) is 84.2 Å². The number of primary amides is 1. The van der Waals surface area contributed by atoms with Crippen molar-refractivity contribution in [3.8, 4) is 0 Å². The van der Waals surface area contributed by atoms with Gasteiger partial charge in [0.05, 0.1) is 6.54 Å². The lowest BCUT2D eigenvalue weighted by molar-refractivity contribution is -0.119. The largest absolute Gasteiger partial charge is 0.351 e. The highest BCUT2D eigenvalue weighted by atomic mass is 16.2. The lowest BCUT2D eigenvalue weighted by Crippen LogP contribution is -2.48. The smallest absolute Gasteiger partial charge is 0.318 e. The highest BCUT2D eigenvalue weighted by Crippen LogP contribution is 2.26. The minimum absolute atomic E-state index is 0.0893. The maximum Gasteiger partial charge on any atom is 0.318 e. The summed E-state index contributed by atoms with van der Waals surface area (Å²) in [7, 11) is 0. The van der Waals surface area contributed by atoms with Crippen LogP contribution in [0.15, 0.2) is 0 Å². The van der Waals surface area contributed by atoms with Crippen molar-refractivity contribution in [2.24, 2.45) is 11.1 Å². The molecule has 0 aliphatic heterocycles. The number of imide groups is 1. The van der Waals surface area contributed by atoms with Gasteiger partial charge in [-0.05, 0) is 25.7 Å². The van der Waals surface area contributed by atoms with E-state index < -0.39 is 11.9 Å². The Labute approximate surface area is 97.2 Å². The van der Waals surface area contributed by atoms with Crippen LogP contribution in [0.4, 0.5) is 4.79 Å². The maximum absolute atomic E-state index is 11.2. The maximum atomic E-state index is 11.2. The van der Waals surface area contributed by atoms with E-state index in [1.54, 1.807) is 0 Å². The fourth-order valence-electron chi connectivity index (χ4n) is 1.89. The van der Waals surface area contributed by atoms with Crippen LogP contribution in [0.2, 0.25) is 0 Å². The molecule has 16 heavy (non-hydrogen) atoms. The molecule has 0 heterocycles. The second-order valence-corrected chi connectivity index (χ2v) is 5.89. The normalized spacial score (nSPS) is 12.3. The highest BCUT2D eigenvalue weighted by molar-refractivity contribution is 5.94. The summed E-state index contributed by atoms with van der Waals surface area (Å²) in [5, 5.41) is 5.12. The quantitative estimate of drug-likeness (QED) is 0.672. The molecule has 4 N–H and O–H groups in total. The number of nitrogens with two attached hydrogens (primary N) is 1. The van der Waals surface area contributed by atoms with Crippen molar-refractivity contribution >= 4 is 11.9 Å². The van der Waals surface area contributed by atoms with E-state index in [0.29, 0.717) is 0 Å². The molecule has 94 valence electrons. The predicted octanol–water partition coefficient (Wildman–Crippen LogP) is 0.986. The molecule has 0 aromatic rings. The van der Waals surface area contributed by atoms with Crippen LogP contribution < -0.4 is 16.4 Å². The number of carbonyl (C=O) groups is 2.